The van der Waals surface area contributed by atoms with Gasteiger partial charge in [-0.2, -0.15) is 0 Å². The third-order valence-corrected chi connectivity index (χ3v) is 6.92. The second-order valence-corrected chi connectivity index (χ2v) is 8.26. The Morgan fingerprint density at radius 2 is 2.00 bits per heavy atom. The number of nitrogens with one attached hydrogen (secondary N) is 1. The van der Waals surface area contributed by atoms with Crippen molar-refractivity contribution in [2.45, 2.75) is 51.6 Å². The van der Waals surface area contributed by atoms with Crippen molar-refractivity contribution in [2.75, 3.05) is 19.6 Å². The number of fused-ring (bicyclic) bond motifs is 1. The van der Waals surface area contributed by atoms with Gasteiger partial charge in [0, 0.05) is 19.0 Å². The zero-order valence-corrected chi connectivity index (χ0v) is 18.0. The molecule has 3 heterocycles. The van der Waals surface area contributed by atoms with Gasteiger partial charge in [-0.05, 0) is 69.7 Å². The molecule has 154 valence electrons. The topological polar surface area (TPSA) is 50.2 Å². The Balaban J connectivity index is 0.00000112. The number of piperidine rings is 1. The molecule has 2 aromatic rings. The first-order valence-corrected chi connectivity index (χ1v) is 10.2. The van der Waals surface area contributed by atoms with Gasteiger partial charge in [0.15, 0.2) is 0 Å². The molecule has 7 heteroatoms. The van der Waals surface area contributed by atoms with E-state index in [9.17, 15) is 4.79 Å². The molecule has 3 fully saturated rings. The van der Waals surface area contributed by atoms with Crippen LogP contribution in [-0.4, -0.2) is 40.0 Å². The zero-order chi connectivity index (χ0) is 17.7. The van der Waals surface area contributed by atoms with Crippen LogP contribution in [0.3, 0.4) is 0 Å². The molecule has 1 N–H and O–H groups in total. The van der Waals surface area contributed by atoms with Gasteiger partial charge in [-0.3, -0.25) is 4.79 Å². The van der Waals surface area contributed by atoms with Crippen molar-refractivity contribution < 1.29 is 4.79 Å². The summed E-state index contributed by atoms with van der Waals surface area (Å²) in [4.78, 5) is 20.5. The normalized spacial score (nSPS) is 25.4. The maximum atomic E-state index is 13.3. The van der Waals surface area contributed by atoms with Crippen LogP contribution >= 0.6 is 24.8 Å². The molecule has 2 saturated heterocycles. The minimum Gasteiger partial charge on any atom is -0.332 e. The van der Waals surface area contributed by atoms with Crippen LogP contribution in [0, 0.1) is 11.3 Å². The average molecular weight is 425 g/mol. The lowest BCUT2D eigenvalue weighted by Gasteiger charge is -2.28. The molecular weight excluding hydrogens is 395 g/mol. The number of likely N-dealkylation sites (tertiary alicyclic amines) is 1. The van der Waals surface area contributed by atoms with Gasteiger partial charge in [0.25, 0.3) is 0 Å². The van der Waals surface area contributed by atoms with E-state index in [-0.39, 0.29) is 36.8 Å². The molecule has 3 aliphatic rings. The smallest absolute Gasteiger partial charge is 0.226 e. The van der Waals surface area contributed by atoms with Crippen molar-refractivity contribution >= 4 is 41.8 Å². The highest BCUT2D eigenvalue weighted by molar-refractivity contribution is 5.86. The summed E-state index contributed by atoms with van der Waals surface area (Å²) >= 11 is 0. The third kappa shape index (κ3) is 3.31. The fourth-order valence-corrected chi connectivity index (χ4v) is 5.35. The number of rotatable bonds is 3. The summed E-state index contributed by atoms with van der Waals surface area (Å²) in [6.07, 6.45) is 5.55. The van der Waals surface area contributed by atoms with E-state index in [1.165, 1.54) is 5.52 Å². The van der Waals surface area contributed by atoms with Crippen molar-refractivity contribution in [1.29, 1.82) is 0 Å². The van der Waals surface area contributed by atoms with Crippen molar-refractivity contribution in [3.05, 3.63) is 30.1 Å². The van der Waals surface area contributed by atoms with E-state index in [1.807, 2.05) is 6.07 Å². The number of aromatic nitrogens is 2. The Kier molecular flexibility index (Phi) is 6.28. The van der Waals surface area contributed by atoms with Crippen LogP contribution in [-0.2, 0) is 11.3 Å². The first-order valence-electron chi connectivity index (χ1n) is 10.2. The number of amides is 1. The van der Waals surface area contributed by atoms with Crippen LogP contribution in [0.4, 0.5) is 0 Å². The number of hydrogen-bond acceptors (Lipinski definition) is 3. The molecule has 5 rings (SSSR count). The highest BCUT2D eigenvalue weighted by Gasteiger charge is 2.59. The van der Waals surface area contributed by atoms with Crippen LogP contribution in [0.1, 0.15) is 50.9 Å². The molecule has 1 spiro atoms. The lowest BCUT2D eigenvalue weighted by atomic mass is 9.91. The second kappa shape index (κ2) is 8.21. The lowest BCUT2D eigenvalue weighted by molar-refractivity contribution is -0.134. The van der Waals surface area contributed by atoms with Gasteiger partial charge in [0.2, 0.25) is 5.91 Å². The maximum Gasteiger partial charge on any atom is 0.226 e. The highest BCUT2D eigenvalue weighted by atomic mass is 35.5. The van der Waals surface area contributed by atoms with Crippen LogP contribution in [0.5, 0.6) is 0 Å². The van der Waals surface area contributed by atoms with E-state index < -0.39 is 0 Å². The Morgan fingerprint density at radius 3 is 2.75 bits per heavy atom. The Bertz CT molecular complexity index is 846. The summed E-state index contributed by atoms with van der Waals surface area (Å²) in [6.45, 7) is 6.09. The number of para-hydroxylation sites is 2. The van der Waals surface area contributed by atoms with E-state index in [0.717, 1.165) is 69.6 Å². The maximum absolute atomic E-state index is 13.3. The Morgan fingerprint density at radius 1 is 1.25 bits per heavy atom. The summed E-state index contributed by atoms with van der Waals surface area (Å²) in [5.74, 6) is 1.73. The van der Waals surface area contributed by atoms with Gasteiger partial charge in [-0.1, -0.05) is 12.1 Å². The van der Waals surface area contributed by atoms with E-state index in [2.05, 4.69) is 39.9 Å². The third-order valence-electron chi connectivity index (χ3n) is 6.92. The Labute approximate surface area is 179 Å². The number of nitrogens with zero attached hydrogens (tertiary/aromatic N) is 3. The van der Waals surface area contributed by atoms with Crippen molar-refractivity contribution in [3.8, 4) is 0 Å². The first kappa shape index (κ1) is 21.4. The van der Waals surface area contributed by atoms with Crippen LogP contribution in [0.2, 0.25) is 0 Å². The SMILES string of the molecule is CCn1c(C2CCCN2C(=O)C2CC23CCNCC3)nc2ccccc21.Cl.Cl. The van der Waals surface area contributed by atoms with Gasteiger partial charge < -0.3 is 14.8 Å². The highest BCUT2D eigenvalue weighted by Crippen LogP contribution is 2.59. The molecule has 28 heavy (non-hydrogen) atoms. The lowest BCUT2D eigenvalue weighted by Crippen LogP contribution is -2.37. The summed E-state index contributed by atoms with van der Waals surface area (Å²) in [5, 5.41) is 3.44. The molecule has 1 aliphatic carbocycles. The minimum atomic E-state index is 0. The molecule has 2 unspecified atom stereocenters. The second-order valence-electron chi connectivity index (χ2n) is 8.26. The van der Waals surface area contributed by atoms with E-state index in [0.29, 0.717) is 11.3 Å². The average Bonchev–Trinajstić information content (AvgIpc) is 3.04. The fourth-order valence-electron chi connectivity index (χ4n) is 5.35. The monoisotopic (exact) mass is 424 g/mol. The quantitative estimate of drug-likeness (QED) is 0.810. The van der Waals surface area contributed by atoms with Gasteiger partial charge >= 0.3 is 0 Å². The predicted molar refractivity (Wildman–Crippen MR) is 116 cm³/mol. The van der Waals surface area contributed by atoms with E-state index in [1.54, 1.807) is 0 Å². The predicted octanol–water partition coefficient (Wildman–Crippen LogP) is 3.95. The number of carbonyl (C=O) groups excluding carboxylic acids is 1. The molecule has 1 aromatic carbocycles. The number of imidazole rings is 1. The van der Waals surface area contributed by atoms with Gasteiger partial charge in [0.1, 0.15) is 5.82 Å². The van der Waals surface area contributed by atoms with Gasteiger partial charge in [-0.25, -0.2) is 4.98 Å². The molecule has 2 aliphatic heterocycles. The number of halogens is 2. The van der Waals surface area contributed by atoms with Crippen molar-refractivity contribution in [2.24, 2.45) is 11.3 Å². The zero-order valence-electron chi connectivity index (χ0n) is 16.4. The van der Waals surface area contributed by atoms with Crippen LogP contribution in [0.25, 0.3) is 11.0 Å². The van der Waals surface area contributed by atoms with Gasteiger partial charge in [-0.15, -0.1) is 24.8 Å². The standard InChI is InChI=1S/C21H28N4O.2ClH/c1-2-24-17-7-4-3-6-16(17)23-19(24)18-8-5-13-25(18)20(26)15-14-21(15)9-11-22-12-10-21;;/h3-4,6-7,15,18,22H,2,5,8-14H2,1H3;2*1H. The molecule has 2 atom stereocenters. The molecular formula is C21H30Cl2N4O. The van der Waals surface area contributed by atoms with Gasteiger partial charge in [0.05, 0.1) is 17.1 Å². The number of aryl methyl sites for hydroxylation is 1. The molecule has 1 saturated carbocycles. The van der Waals surface area contributed by atoms with Crippen molar-refractivity contribution in [3.63, 3.8) is 0 Å². The summed E-state index contributed by atoms with van der Waals surface area (Å²) in [6, 6.07) is 8.48. The first-order chi connectivity index (χ1) is 12.7. The number of benzene rings is 1. The molecule has 0 bridgehead atoms. The summed E-state index contributed by atoms with van der Waals surface area (Å²) in [5.41, 5.74) is 2.54. The minimum absolute atomic E-state index is 0. The number of hydrogen-bond donors (Lipinski definition) is 1. The van der Waals surface area contributed by atoms with E-state index >= 15 is 0 Å². The van der Waals surface area contributed by atoms with Crippen LogP contribution in [0.15, 0.2) is 24.3 Å². The molecule has 0 radical (unpaired) electrons. The molecule has 1 aromatic heterocycles. The largest absolute Gasteiger partial charge is 0.332 e. The summed E-state index contributed by atoms with van der Waals surface area (Å²) in [7, 11) is 0. The molecule has 1 amide bonds. The summed E-state index contributed by atoms with van der Waals surface area (Å²) < 4.78 is 2.30. The number of carbonyl (C=O) groups is 1. The molecule has 5 nitrogen and oxygen atoms in total. The van der Waals surface area contributed by atoms with Crippen molar-refractivity contribution in [1.82, 2.24) is 19.8 Å². The Hall–Kier alpha value is -1.30. The van der Waals surface area contributed by atoms with Crippen LogP contribution < -0.4 is 5.32 Å². The van der Waals surface area contributed by atoms with E-state index in [4.69, 9.17) is 4.98 Å². The fraction of sp³-hybridized carbons (Fsp3) is 0.619.